The Balaban J connectivity index is 1.52. The van der Waals surface area contributed by atoms with Crippen LogP contribution in [0.2, 0.25) is 0 Å². The van der Waals surface area contributed by atoms with Gasteiger partial charge in [-0.1, -0.05) is 12.1 Å². The van der Waals surface area contributed by atoms with E-state index >= 15 is 0 Å². The number of nitrogens with zero attached hydrogens (tertiary/aromatic N) is 3. The van der Waals surface area contributed by atoms with Crippen LogP contribution in [0.25, 0.3) is 21.7 Å². The van der Waals surface area contributed by atoms with Gasteiger partial charge in [0.05, 0.1) is 0 Å². The number of nitrogens with one attached hydrogen (secondary N) is 1. The van der Waals surface area contributed by atoms with Crippen molar-refractivity contribution >= 4 is 23.2 Å². The normalized spacial score (nSPS) is 15.2. The van der Waals surface area contributed by atoms with E-state index in [1.165, 1.54) is 17.4 Å². The van der Waals surface area contributed by atoms with Crippen LogP contribution in [0, 0.1) is 12.7 Å². The summed E-state index contributed by atoms with van der Waals surface area (Å²) < 4.78 is 14.7. The number of piperazine rings is 1. The Morgan fingerprint density at radius 3 is 2.50 bits per heavy atom. The molecule has 1 aliphatic heterocycles. The van der Waals surface area contributed by atoms with Crippen molar-refractivity contribution in [1.29, 1.82) is 0 Å². The first-order chi connectivity index (χ1) is 16.3. The smallest absolute Gasteiger partial charge is 0.251 e. The Bertz CT molecular complexity index is 1170. The fourth-order valence-corrected chi connectivity index (χ4v) is 4.87. The number of benzene rings is 2. The highest BCUT2D eigenvalue weighted by Crippen LogP contribution is 2.31. The zero-order chi connectivity index (χ0) is 24.2. The maximum atomic E-state index is 14.7. The van der Waals surface area contributed by atoms with E-state index in [2.05, 4.69) is 15.2 Å². The van der Waals surface area contributed by atoms with Crippen LogP contribution < -0.4 is 5.32 Å². The zero-order valence-corrected chi connectivity index (χ0v) is 20.5. The monoisotopic (exact) mass is 480 g/mol. The number of carbonyl (C=O) groups excluding carboxylic acids is 2. The molecule has 1 aliphatic rings. The van der Waals surface area contributed by atoms with Crippen molar-refractivity contribution in [2.24, 2.45) is 0 Å². The lowest BCUT2D eigenvalue weighted by atomic mass is 9.98. The van der Waals surface area contributed by atoms with E-state index in [0.29, 0.717) is 36.3 Å². The molecule has 3 aromatic rings. The molecule has 1 N–H and O–H groups in total. The molecule has 2 amide bonds. The van der Waals surface area contributed by atoms with Crippen molar-refractivity contribution in [3.63, 3.8) is 0 Å². The summed E-state index contributed by atoms with van der Waals surface area (Å²) in [5.41, 5.74) is 3.19. The minimum Gasteiger partial charge on any atom is -0.348 e. The Kier molecular flexibility index (Phi) is 7.38. The number of hydrogen-bond acceptors (Lipinski definition) is 5. The third-order valence-electron chi connectivity index (χ3n) is 6.04. The molecule has 0 radical (unpaired) electrons. The summed E-state index contributed by atoms with van der Waals surface area (Å²) in [4.78, 5) is 33.2. The first-order valence-electron chi connectivity index (χ1n) is 11.4. The second-order valence-corrected chi connectivity index (χ2v) is 9.70. The standard InChI is InChI=1S/C26H29FN4O2S/c1-17-4-5-23(24(27)12-17)20-13-21(15-22(14-20)26-28-6-11-34-26)25(33)29-18(2)16-30-7-9-31(10-8-30)19(3)32/h4-6,11-15,18H,7-10,16H2,1-3H3,(H,29,33). The third kappa shape index (κ3) is 5.69. The summed E-state index contributed by atoms with van der Waals surface area (Å²) in [7, 11) is 0. The number of halogens is 1. The lowest BCUT2D eigenvalue weighted by Gasteiger charge is -2.35. The van der Waals surface area contributed by atoms with Gasteiger partial charge in [0.1, 0.15) is 10.8 Å². The molecule has 2 aromatic carbocycles. The van der Waals surface area contributed by atoms with Crippen LogP contribution in [-0.4, -0.2) is 65.4 Å². The molecule has 0 aliphatic carbocycles. The van der Waals surface area contributed by atoms with E-state index in [0.717, 1.165) is 29.2 Å². The van der Waals surface area contributed by atoms with E-state index in [9.17, 15) is 14.0 Å². The van der Waals surface area contributed by atoms with E-state index < -0.39 is 0 Å². The fraction of sp³-hybridized carbons (Fsp3) is 0.346. The van der Waals surface area contributed by atoms with Gasteiger partial charge in [0, 0.05) is 74.0 Å². The predicted octanol–water partition coefficient (Wildman–Crippen LogP) is 4.21. The summed E-state index contributed by atoms with van der Waals surface area (Å²) in [6.45, 7) is 9.10. The minimum atomic E-state index is -0.319. The van der Waals surface area contributed by atoms with E-state index in [4.69, 9.17) is 0 Å². The summed E-state index contributed by atoms with van der Waals surface area (Å²) in [6.07, 6.45) is 1.72. The van der Waals surface area contributed by atoms with E-state index in [1.807, 2.05) is 42.3 Å². The van der Waals surface area contributed by atoms with Gasteiger partial charge in [-0.25, -0.2) is 9.37 Å². The highest BCUT2D eigenvalue weighted by Gasteiger charge is 2.21. The Morgan fingerprint density at radius 1 is 1.12 bits per heavy atom. The maximum Gasteiger partial charge on any atom is 0.251 e. The number of rotatable bonds is 6. The molecule has 2 heterocycles. The molecule has 0 spiro atoms. The first kappa shape index (κ1) is 24.0. The van der Waals surface area contributed by atoms with Gasteiger partial charge in [0.2, 0.25) is 5.91 Å². The molecule has 1 unspecified atom stereocenters. The van der Waals surface area contributed by atoms with Crippen LogP contribution in [0.3, 0.4) is 0 Å². The van der Waals surface area contributed by atoms with Crippen molar-refractivity contribution in [3.05, 3.63) is 64.9 Å². The molecule has 0 saturated carbocycles. The molecule has 6 nitrogen and oxygen atoms in total. The van der Waals surface area contributed by atoms with Crippen LogP contribution >= 0.6 is 11.3 Å². The van der Waals surface area contributed by atoms with Gasteiger partial charge in [-0.3, -0.25) is 14.5 Å². The second kappa shape index (κ2) is 10.4. The lowest BCUT2D eigenvalue weighted by molar-refractivity contribution is -0.130. The molecule has 0 bridgehead atoms. The summed E-state index contributed by atoms with van der Waals surface area (Å²) in [5.74, 6) is -0.426. The molecule has 178 valence electrons. The number of hydrogen-bond donors (Lipinski definition) is 1. The molecule has 4 rings (SSSR count). The van der Waals surface area contributed by atoms with Gasteiger partial charge < -0.3 is 10.2 Å². The van der Waals surface area contributed by atoms with Crippen LogP contribution in [0.5, 0.6) is 0 Å². The van der Waals surface area contributed by atoms with Crippen molar-refractivity contribution in [2.45, 2.75) is 26.8 Å². The topological polar surface area (TPSA) is 65.5 Å². The summed E-state index contributed by atoms with van der Waals surface area (Å²) in [5, 5.41) is 5.74. The number of amides is 2. The Hall–Kier alpha value is -3.10. The maximum absolute atomic E-state index is 14.7. The third-order valence-corrected chi connectivity index (χ3v) is 6.86. The highest BCUT2D eigenvalue weighted by molar-refractivity contribution is 7.13. The van der Waals surface area contributed by atoms with Crippen LogP contribution in [-0.2, 0) is 4.79 Å². The highest BCUT2D eigenvalue weighted by atomic mass is 32.1. The number of aryl methyl sites for hydroxylation is 1. The van der Waals surface area contributed by atoms with Crippen LogP contribution in [0.1, 0.15) is 29.8 Å². The van der Waals surface area contributed by atoms with Crippen molar-refractivity contribution in [1.82, 2.24) is 20.1 Å². The van der Waals surface area contributed by atoms with E-state index in [-0.39, 0.29) is 23.7 Å². The molecular formula is C26H29FN4O2S. The van der Waals surface area contributed by atoms with Gasteiger partial charge in [0.25, 0.3) is 5.91 Å². The van der Waals surface area contributed by atoms with Crippen molar-refractivity contribution in [2.75, 3.05) is 32.7 Å². The first-order valence-corrected chi connectivity index (χ1v) is 12.3. The quantitative estimate of drug-likeness (QED) is 0.574. The average Bonchev–Trinajstić information content (AvgIpc) is 3.34. The van der Waals surface area contributed by atoms with Crippen molar-refractivity contribution in [3.8, 4) is 21.7 Å². The Morgan fingerprint density at radius 2 is 1.85 bits per heavy atom. The lowest BCUT2D eigenvalue weighted by Crippen LogP contribution is -2.51. The zero-order valence-electron chi connectivity index (χ0n) is 19.7. The summed E-state index contributed by atoms with van der Waals surface area (Å²) >= 11 is 1.48. The van der Waals surface area contributed by atoms with E-state index in [1.54, 1.807) is 25.3 Å². The SMILES string of the molecule is CC(=O)N1CCN(CC(C)NC(=O)c2cc(-c3nccs3)cc(-c3ccc(C)cc3F)c2)CC1. The number of carbonyl (C=O) groups is 2. The second-order valence-electron chi connectivity index (χ2n) is 8.80. The molecule has 1 saturated heterocycles. The molecular weight excluding hydrogens is 451 g/mol. The molecule has 1 fully saturated rings. The van der Waals surface area contributed by atoms with Crippen LogP contribution in [0.4, 0.5) is 4.39 Å². The van der Waals surface area contributed by atoms with Gasteiger partial charge in [-0.2, -0.15) is 0 Å². The van der Waals surface area contributed by atoms with Gasteiger partial charge >= 0.3 is 0 Å². The van der Waals surface area contributed by atoms with Gasteiger partial charge in [-0.15, -0.1) is 11.3 Å². The van der Waals surface area contributed by atoms with Crippen LogP contribution in [0.15, 0.2) is 48.0 Å². The fourth-order valence-electron chi connectivity index (χ4n) is 4.24. The van der Waals surface area contributed by atoms with Crippen molar-refractivity contribution < 1.29 is 14.0 Å². The predicted molar refractivity (Wildman–Crippen MR) is 133 cm³/mol. The number of thiazole rings is 1. The van der Waals surface area contributed by atoms with Gasteiger partial charge in [0.15, 0.2) is 0 Å². The molecule has 1 aromatic heterocycles. The largest absolute Gasteiger partial charge is 0.348 e. The summed E-state index contributed by atoms with van der Waals surface area (Å²) in [6, 6.07) is 10.4. The average molecular weight is 481 g/mol. The molecule has 8 heteroatoms. The van der Waals surface area contributed by atoms with Gasteiger partial charge in [-0.05, 0) is 49.2 Å². The minimum absolute atomic E-state index is 0.0838. The molecule has 34 heavy (non-hydrogen) atoms. The molecule has 1 atom stereocenters. The number of aromatic nitrogens is 1. The Labute approximate surface area is 203 Å².